The Labute approximate surface area is 347 Å². The van der Waals surface area contributed by atoms with E-state index in [0.717, 1.165) is 66.7 Å². The summed E-state index contributed by atoms with van der Waals surface area (Å²) < 4.78 is 10.9. The Morgan fingerprint density at radius 2 is 1.35 bits per heavy atom. The summed E-state index contributed by atoms with van der Waals surface area (Å²) in [6.07, 6.45) is 1.82. The van der Waals surface area contributed by atoms with Crippen molar-refractivity contribution in [3.8, 4) is 39.4 Å². The van der Waals surface area contributed by atoms with Crippen LogP contribution in [0.25, 0.3) is 88.5 Å². The van der Waals surface area contributed by atoms with Crippen LogP contribution in [-0.2, 0) is 37.3 Å². The van der Waals surface area contributed by atoms with Crippen LogP contribution in [0, 0.1) is 12.1 Å². The van der Waals surface area contributed by atoms with Crippen LogP contribution in [0.4, 0.5) is 0 Å². The molecule has 1 N–H and O–H groups in total. The van der Waals surface area contributed by atoms with Crippen LogP contribution in [0.2, 0.25) is 0 Å². The van der Waals surface area contributed by atoms with Crippen molar-refractivity contribution in [3.63, 3.8) is 0 Å². The molecule has 6 heteroatoms. The molecule has 0 bridgehead atoms. The van der Waals surface area contributed by atoms with Crippen LogP contribution in [-0.4, -0.2) is 18.9 Å². The van der Waals surface area contributed by atoms with Gasteiger partial charge in [-0.2, -0.15) is 0 Å². The van der Waals surface area contributed by atoms with E-state index in [-0.39, 0.29) is 43.1 Å². The number of rotatable bonds is 3. The molecule has 0 fully saturated rings. The summed E-state index contributed by atoms with van der Waals surface area (Å²) in [6, 6.07) is 41.8. The van der Waals surface area contributed by atoms with Gasteiger partial charge in [0.05, 0.1) is 23.3 Å². The van der Waals surface area contributed by atoms with Crippen molar-refractivity contribution in [3.05, 3.63) is 132 Å². The van der Waals surface area contributed by atoms with Crippen LogP contribution in [0.1, 0.15) is 79.0 Å². The Kier molecular flexibility index (Phi) is 8.20. The van der Waals surface area contributed by atoms with E-state index in [1.54, 1.807) is 0 Å². The number of phenols is 1. The third-order valence-corrected chi connectivity index (χ3v) is 11.6. The number of aromatic hydroxyl groups is 1. The van der Waals surface area contributed by atoms with Crippen molar-refractivity contribution in [2.45, 2.75) is 78.6 Å². The number of para-hydroxylation sites is 1. The first-order valence-corrected chi connectivity index (χ1v) is 19.5. The molecule has 57 heavy (non-hydrogen) atoms. The monoisotopic (exact) mass is 926 g/mol. The molecule has 4 heterocycles. The topological polar surface area (TPSA) is 55.1 Å². The number of phenolic OH excluding ortho intramolecular Hbond substituents is 1. The second-order valence-electron chi connectivity index (χ2n) is 18.6. The number of imidazole rings is 1. The van der Waals surface area contributed by atoms with E-state index in [2.05, 4.69) is 168 Å². The number of nitrogens with zero attached hydrogens (tertiary/aromatic N) is 3. The van der Waals surface area contributed by atoms with Gasteiger partial charge < -0.3 is 18.3 Å². The van der Waals surface area contributed by atoms with E-state index in [1.165, 1.54) is 32.8 Å². The Bertz CT molecular complexity index is 3210. The largest absolute Gasteiger partial charge is 2.00 e. The van der Waals surface area contributed by atoms with Crippen molar-refractivity contribution < 1.29 is 30.6 Å². The fraction of sp³-hybridized carbons (Fsp3) is 0.235. The Hall–Kier alpha value is -5.38. The van der Waals surface area contributed by atoms with E-state index < -0.39 is 0 Å². The van der Waals surface area contributed by atoms with Gasteiger partial charge in [-0.3, -0.25) is 4.98 Å². The number of hydrogen-bond donors (Lipinski definition) is 1. The number of oxazole rings is 1. The fourth-order valence-corrected chi connectivity index (χ4v) is 8.79. The quantitative estimate of drug-likeness (QED) is 0.180. The van der Waals surface area contributed by atoms with Crippen LogP contribution in [0.3, 0.4) is 0 Å². The summed E-state index contributed by atoms with van der Waals surface area (Å²) in [5.41, 5.74) is 13.8. The molecule has 0 atom stereocenters. The molecule has 4 aromatic heterocycles. The molecule has 10 aromatic rings. The summed E-state index contributed by atoms with van der Waals surface area (Å²) in [5, 5.41) is 16.0. The third kappa shape index (κ3) is 5.64. The molecule has 5 nitrogen and oxygen atoms in total. The minimum Gasteiger partial charge on any atom is -0.517 e. The fourth-order valence-electron chi connectivity index (χ4n) is 8.79. The van der Waals surface area contributed by atoms with Gasteiger partial charge >= 0.3 is 21.1 Å². The first kappa shape index (κ1) is 37.2. The van der Waals surface area contributed by atoms with Crippen molar-refractivity contribution in [1.82, 2.24) is 13.8 Å². The molecule has 0 unspecified atom stereocenters. The molecular weight excluding hydrogens is 882 g/mol. The Morgan fingerprint density at radius 3 is 2.11 bits per heavy atom. The molecule has 0 aliphatic rings. The van der Waals surface area contributed by atoms with Gasteiger partial charge in [0.25, 0.3) is 0 Å². The minimum atomic E-state index is -0.184. The van der Waals surface area contributed by atoms with Gasteiger partial charge in [-0.1, -0.05) is 139 Å². The number of hydrogen-bond acceptors (Lipinski definition) is 3. The molecule has 0 saturated carbocycles. The van der Waals surface area contributed by atoms with Gasteiger partial charge in [0, 0.05) is 5.52 Å². The number of aromatic nitrogens is 3. The second-order valence-corrected chi connectivity index (χ2v) is 18.6. The number of benzene rings is 6. The number of fused-ring (bicyclic) bond motifs is 9. The van der Waals surface area contributed by atoms with E-state index in [1.807, 2.05) is 18.3 Å². The zero-order valence-corrected chi connectivity index (χ0v) is 36.1. The molecule has 0 aliphatic carbocycles. The summed E-state index contributed by atoms with van der Waals surface area (Å²) in [6.45, 7) is 20.2. The van der Waals surface area contributed by atoms with E-state index in [4.69, 9.17) is 9.40 Å². The van der Waals surface area contributed by atoms with Crippen LogP contribution in [0.5, 0.6) is 5.75 Å². The average molecular weight is 927 g/mol. The van der Waals surface area contributed by atoms with Gasteiger partial charge in [0.15, 0.2) is 5.58 Å². The molecule has 286 valence electrons. The summed E-state index contributed by atoms with van der Waals surface area (Å²) in [5.74, 6) is 1.02. The molecule has 0 saturated heterocycles. The predicted molar refractivity (Wildman–Crippen MR) is 231 cm³/mol. The van der Waals surface area contributed by atoms with Crippen molar-refractivity contribution in [1.29, 1.82) is 0 Å². The van der Waals surface area contributed by atoms with Gasteiger partial charge in [-0.05, 0) is 78.5 Å². The van der Waals surface area contributed by atoms with Crippen molar-refractivity contribution >= 4 is 54.9 Å². The summed E-state index contributed by atoms with van der Waals surface area (Å²) in [7, 11) is 0. The van der Waals surface area contributed by atoms with Gasteiger partial charge in [0.1, 0.15) is 0 Å². The SMILES string of the molecule is CC(C)(C)c1ccc2c(c1)oc1cnc(-c3[c-]c4c(c(C(C)(C)C)c3)c3cccc5c6ccc(-c7cc(-c8ccccc8C(C)(C)C)ccc7O)[c-]c6n4c53)n12.[Pt+2]. The van der Waals surface area contributed by atoms with Gasteiger partial charge in [-0.15, -0.1) is 47.0 Å². The van der Waals surface area contributed by atoms with Crippen molar-refractivity contribution in [2.24, 2.45) is 0 Å². The van der Waals surface area contributed by atoms with E-state index >= 15 is 0 Å². The van der Waals surface area contributed by atoms with Crippen molar-refractivity contribution in [2.75, 3.05) is 0 Å². The zero-order chi connectivity index (χ0) is 39.1. The predicted octanol–water partition coefficient (Wildman–Crippen LogP) is 13.4. The van der Waals surface area contributed by atoms with E-state index in [0.29, 0.717) is 5.71 Å². The van der Waals surface area contributed by atoms with Crippen LogP contribution in [0.15, 0.2) is 108 Å². The van der Waals surface area contributed by atoms with Gasteiger partial charge in [0.2, 0.25) is 5.71 Å². The summed E-state index contributed by atoms with van der Waals surface area (Å²) >= 11 is 0. The first-order valence-electron chi connectivity index (χ1n) is 19.5. The maximum absolute atomic E-state index is 11.4. The summed E-state index contributed by atoms with van der Waals surface area (Å²) in [4.78, 5) is 4.95. The molecule has 0 spiro atoms. The smallest absolute Gasteiger partial charge is 0.517 e. The average Bonchev–Trinajstić information content (AvgIpc) is 3.90. The standard InChI is InChI=1S/C51H45N3O2.Pt/c1-49(2,3)32-19-21-40-44(27-32)56-45-28-52-48(54(40)45)31-24-39(51(7,8)9)46-36-15-12-14-35-34-20-17-30(25-41(34)53(47(35)36)42(46)26-31)37-23-29(18-22-43(37)55)33-13-10-11-16-38(33)50(4,5)6;/h10-24,27-28,55H,1-9H3;/q-2;+2. The van der Waals surface area contributed by atoms with E-state index in [9.17, 15) is 5.11 Å². The maximum Gasteiger partial charge on any atom is 2.00 e. The Balaban J connectivity index is 0.00000422. The maximum atomic E-state index is 11.4. The Morgan fingerprint density at radius 1 is 0.614 bits per heavy atom. The van der Waals surface area contributed by atoms with Crippen LogP contribution >= 0.6 is 0 Å². The second kappa shape index (κ2) is 12.6. The first-order chi connectivity index (χ1) is 26.6. The third-order valence-electron chi connectivity index (χ3n) is 11.6. The zero-order valence-electron chi connectivity index (χ0n) is 33.8. The molecule has 0 amide bonds. The molecule has 10 rings (SSSR count). The molecule has 0 radical (unpaired) electrons. The van der Waals surface area contributed by atoms with Crippen LogP contribution < -0.4 is 0 Å². The molecule has 0 aliphatic heterocycles. The molecule has 6 aromatic carbocycles. The molecular formula is C51H45N3O2Pt. The van der Waals surface area contributed by atoms with Gasteiger partial charge in [-0.25, -0.2) is 0 Å². The minimum absolute atomic E-state index is 0. The normalized spacial score (nSPS) is 12.9.